The lowest BCUT2D eigenvalue weighted by atomic mass is 9.87. The van der Waals surface area contributed by atoms with Crippen LogP contribution in [0.5, 0.6) is 0 Å². The van der Waals surface area contributed by atoms with Crippen molar-refractivity contribution in [2.24, 2.45) is 0 Å². The van der Waals surface area contributed by atoms with Crippen LogP contribution in [0.25, 0.3) is 0 Å². The molecule has 0 aromatic heterocycles. The van der Waals surface area contributed by atoms with Gasteiger partial charge in [0.15, 0.2) is 0 Å². The van der Waals surface area contributed by atoms with E-state index in [0.717, 1.165) is 13.0 Å². The third-order valence-electron chi connectivity index (χ3n) is 5.49. The highest BCUT2D eigenvalue weighted by molar-refractivity contribution is 5.97. The van der Waals surface area contributed by atoms with Crippen molar-refractivity contribution in [2.75, 3.05) is 6.54 Å². The molecule has 5 heteroatoms. The summed E-state index contributed by atoms with van der Waals surface area (Å²) >= 11 is 0. The van der Waals surface area contributed by atoms with Gasteiger partial charge in [0.25, 0.3) is 0 Å². The summed E-state index contributed by atoms with van der Waals surface area (Å²) in [5.41, 5.74) is 2.70. The van der Waals surface area contributed by atoms with Crippen LogP contribution >= 0.6 is 0 Å². The molecule has 3 atom stereocenters. The normalized spacial score (nSPS) is 26.0. The van der Waals surface area contributed by atoms with Crippen molar-refractivity contribution in [3.8, 4) is 0 Å². The van der Waals surface area contributed by atoms with E-state index < -0.39 is 0 Å². The second kappa shape index (κ2) is 7.39. The van der Waals surface area contributed by atoms with Crippen molar-refractivity contribution in [1.82, 2.24) is 15.5 Å². The number of piperazine rings is 1. The second-order valence-electron chi connectivity index (χ2n) is 8.62. The van der Waals surface area contributed by atoms with Gasteiger partial charge in [0.2, 0.25) is 11.8 Å². The standard InChI is InChI=1S/C21H31N3O2/c1-5-6-17-20(26)24-13-16(11-18(24)19(25)23-17)22-12-14-7-9-15(10-8-14)21(2,3)4/h7-10,16-18,22H,5-6,11-13H2,1-4H3,(H,23,25)/t16-,17-,18-/m0/s1. The van der Waals surface area contributed by atoms with Gasteiger partial charge < -0.3 is 15.5 Å². The second-order valence-corrected chi connectivity index (χ2v) is 8.62. The van der Waals surface area contributed by atoms with Crippen LogP contribution in [0.15, 0.2) is 24.3 Å². The SMILES string of the molecule is CCC[C@@H]1NC(=O)[C@@H]2C[C@H](NCc3ccc(C(C)(C)C)cc3)CN2C1=O. The van der Waals surface area contributed by atoms with Crippen molar-refractivity contribution in [1.29, 1.82) is 0 Å². The number of amides is 2. The Labute approximate surface area is 156 Å². The lowest BCUT2D eigenvalue weighted by Crippen LogP contribution is -2.61. The van der Waals surface area contributed by atoms with Gasteiger partial charge in [-0.2, -0.15) is 0 Å². The minimum absolute atomic E-state index is 0.00174. The number of hydrogen-bond donors (Lipinski definition) is 2. The molecule has 0 aliphatic carbocycles. The van der Waals surface area contributed by atoms with Crippen molar-refractivity contribution >= 4 is 11.8 Å². The van der Waals surface area contributed by atoms with Crippen molar-refractivity contribution in [2.45, 2.75) is 77.0 Å². The zero-order chi connectivity index (χ0) is 18.9. The molecule has 2 aliphatic heterocycles. The number of fused-ring (bicyclic) bond motifs is 1. The van der Waals surface area contributed by atoms with E-state index in [1.807, 2.05) is 6.92 Å². The Balaban J connectivity index is 1.58. The number of nitrogens with zero attached hydrogens (tertiary/aromatic N) is 1. The van der Waals surface area contributed by atoms with E-state index in [1.165, 1.54) is 11.1 Å². The van der Waals surface area contributed by atoms with Gasteiger partial charge in [0.1, 0.15) is 12.1 Å². The summed E-state index contributed by atoms with van der Waals surface area (Å²) in [7, 11) is 0. The van der Waals surface area contributed by atoms with Gasteiger partial charge in [0.05, 0.1) is 0 Å². The molecule has 26 heavy (non-hydrogen) atoms. The quantitative estimate of drug-likeness (QED) is 0.850. The minimum Gasteiger partial charge on any atom is -0.343 e. The first-order valence-corrected chi connectivity index (χ1v) is 9.73. The molecule has 2 saturated heterocycles. The molecule has 1 aromatic rings. The van der Waals surface area contributed by atoms with E-state index >= 15 is 0 Å². The fourth-order valence-corrected chi connectivity index (χ4v) is 3.87. The van der Waals surface area contributed by atoms with E-state index in [-0.39, 0.29) is 35.4 Å². The molecular formula is C21H31N3O2. The molecule has 2 amide bonds. The summed E-state index contributed by atoms with van der Waals surface area (Å²) in [4.78, 5) is 26.7. The van der Waals surface area contributed by atoms with Crippen LogP contribution in [0.4, 0.5) is 0 Å². The van der Waals surface area contributed by atoms with E-state index in [0.29, 0.717) is 19.4 Å². The van der Waals surface area contributed by atoms with E-state index in [2.05, 4.69) is 55.7 Å². The van der Waals surface area contributed by atoms with Crippen molar-refractivity contribution in [3.63, 3.8) is 0 Å². The zero-order valence-electron chi connectivity index (χ0n) is 16.3. The van der Waals surface area contributed by atoms with Gasteiger partial charge in [-0.1, -0.05) is 58.4 Å². The molecule has 2 N–H and O–H groups in total. The maximum Gasteiger partial charge on any atom is 0.245 e. The molecule has 2 heterocycles. The summed E-state index contributed by atoms with van der Waals surface area (Å²) < 4.78 is 0. The summed E-state index contributed by atoms with van der Waals surface area (Å²) in [6.07, 6.45) is 2.30. The highest BCUT2D eigenvalue weighted by Crippen LogP contribution is 2.25. The highest BCUT2D eigenvalue weighted by atomic mass is 16.2. The zero-order valence-corrected chi connectivity index (χ0v) is 16.3. The largest absolute Gasteiger partial charge is 0.343 e. The van der Waals surface area contributed by atoms with Crippen molar-refractivity contribution in [3.05, 3.63) is 35.4 Å². The van der Waals surface area contributed by atoms with Gasteiger partial charge in [-0.15, -0.1) is 0 Å². The van der Waals surface area contributed by atoms with Gasteiger partial charge in [0, 0.05) is 19.1 Å². The van der Waals surface area contributed by atoms with Gasteiger partial charge in [-0.05, 0) is 29.4 Å². The van der Waals surface area contributed by atoms with Crippen LogP contribution in [0.2, 0.25) is 0 Å². The smallest absolute Gasteiger partial charge is 0.245 e. The third-order valence-corrected chi connectivity index (χ3v) is 5.49. The molecule has 0 bridgehead atoms. The van der Waals surface area contributed by atoms with Crippen LogP contribution in [0, 0.1) is 0 Å². The molecule has 0 radical (unpaired) electrons. The first-order valence-electron chi connectivity index (χ1n) is 9.73. The first kappa shape index (κ1) is 18.9. The topological polar surface area (TPSA) is 61.4 Å². The van der Waals surface area contributed by atoms with Gasteiger partial charge in [-0.3, -0.25) is 9.59 Å². The van der Waals surface area contributed by atoms with Crippen LogP contribution in [-0.2, 0) is 21.5 Å². The minimum atomic E-state index is -0.340. The Kier molecular flexibility index (Phi) is 5.37. The van der Waals surface area contributed by atoms with E-state index in [1.54, 1.807) is 4.90 Å². The number of carbonyl (C=O) groups is 2. The maximum atomic E-state index is 12.6. The molecule has 5 nitrogen and oxygen atoms in total. The Morgan fingerprint density at radius 1 is 1.19 bits per heavy atom. The molecule has 2 fully saturated rings. The fraction of sp³-hybridized carbons (Fsp3) is 0.619. The Morgan fingerprint density at radius 2 is 1.88 bits per heavy atom. The highest BCUT2D eigenvalue weighted by Gasteiger charge is 2.45. The Morgan fingerprint density at radius 3 is 2.50 bits per heavy atom. The lowest BCUT2D eigenvalue weighted by Gasteiger charge is -2.34. The molecule has 0 saturated carbocycles. The van der Waals surface area contributed by atoms with Crippen molar-refractivity contribution < 1.29 is 9.59 Å². The third kappa shape index (κ3) is 3.93. The van der Waals surface area contributed by atoms with Crippen LogP contribution < -0.4 is 10.6 Å². The molecule has 0 unspecified atom stereocenters. The van der Waals surface area contributed by atoms with E-state index in [9.17, 15) is 9.59 Å². The summed E-state index contributed by atoms with van der Waals surface area (Å²) in [5, 5.41) is 6.42. The molecule has 1 aromatic carbocycles. The average molecular weight is 357 g/mol. The monoisotopic (exact) mass is 357 g/mol. The number of benzene rings is 1. The molecular weight excluding hydrogens is 326 g/mol. The number of hydrogen-bond acceptors (Lipinski definition) is 3. The molecule has 0 spiro atoms. The molecule has 142 valence electrons. The number of rotatable bonds is 5. The average Bonchev–Trinajstić information content (AvgIpc) is 3.03. The fourth-order valence-electron chi connectivity index (χ4n) is 3.87. The van der Waals surface area contributed by atoms with Crippen LogP contribution in [0.1, 0.15) is 58.1 Å². The van der Waals surface area contributed by atoms with Gasteiger partial charge >= 0.3 is 0 Å². The lowest BCUT2D eigenvalue weighted by molar-refractivity contribution is -0.147. The number of carbonyl (C=O) groups excluding carboxylic acids is 2. The predicted molar refractivity (Wildman–Crippen MR) is 103 cm³/mol. The Bertz CT molecular complexity index is 663. The summed E-state index contributed by atoms with van der Waals surface area (Å²) in [6, 6.07) is 8.19. The summed E-state index contributed by atoms with van der Waals surface area (Å²) in [5.74, 6) is 0.0807. The van der Waals surface area contributed by atoms with Crippen LogP contribution in [-0.4, -0.2) is 41.4 Å². The predicted octanol–water partition coefficient (Wildman–Crippen LogP) is 2.34. The maximum absolute atomic E-state index is 12.6. The summed E-state index contributed by atoms with van der Waals surface area (Å²) in [6.45, 7) is 10.0. The van der Waals surface area contributed by atoms with Gasteiger partial charge in [-0.25, -0.2) is 0 Å². The first-order chi connectivity index (χ1) is 12.3. The van der Waals surface area contributed by atoms with E-state index in [4.69, 9.17) is 0 Å². The number of nitrogens with one attached hydrogen (secondary N) is 2. The Hall–Kier alpha value is -1.88. The molecule has 2 aliphatic rings. The molecule has 3 rings (SSSR count). The van der Waals surface area contributed by atoms with Crippen LogP contribution in [0.3, 0.4) is 0 Å².